The second-order valence-electron chi connectivity index (χ2n) is 6.52. The number of nitrogens with zero attached hydrogens (tertiary/aromatic N) is 2. The first-order chi connectivity index (χ1) is 9.76. The predicted molar refractivity (Wildman–Crippen MR) is 84.4 cm³/mol. The lowest BCUT2D eigenvalue weighted by atomic mass is 10.2. The maximum atomic E-state index is 11.8. The molecule has 0 bridgehead atoms. The molecule has 118 valence electrons. The van der Waals surface area contributed by atoms with Crippen LogP contribution in [0.4, 0.5) is 0 Å². The quantitative estimate of drug-likeness (QED) is 0.646. The van der Waals surface area contributed by atoms with E-state index in [2.05, 4.69) is 10.4 Å². The van der Waals surface area contributed by atoms with Crippen LogP contribution >= 0.6 is 11.8 Å². The molecule has 0 unspecified atom stereocenters. The summed E-state index contributed by atoms with van der Waals surface area (Å²) in [6.45, 7) is 8.49. The number of aromatic nitrogens is 2. The third-order valence-corrected chi connectivity index (χ3v) is 4.34. The molecule has 0 aromatic carbocycles. The van der Waals surface area contributed by atoms with Gasteiger partial charge in [0.25, 0.3) is 0 Å². The molecule has 1 N–H and O–H groups in total. The van der Waals surface area contributed by atoms with Gasteiger partial charge in [-0.25, -0.2) is 0 Å². The lowest BCUT2D eigenvalue weighted by molar-refractivity contribution is -0.151. The van der Waals surface area contributed by atoms with E-state index in [1.807, 2.05) is 39.4 Å². The molecule has 6 heteroatoms. The minimum Gasteiger partial charge on any atom is -0.459 e. The summed E-state index contributed by atoms with van der Waals surface area (Å²) >= 11 is 1.50. The summed E-state index contributed by atoms with van der Waals surface area (Å²) < 4.78 is 7.20. The zero-order valence-electron chi connectivity index (χ0n) is 13.5. The molecule has 1 aliphatic carbocycles. The molecule has 1 fully saturated rings. The Morgan fingerprint density at radius 1 is 1.48 bits per heavy atom. The number of carbonyl (C=O) groups excluding carboxylic acids is 1. The van der Waals surface area contributed by atoms with E-state index < -0.39 is 5.60 Å². The van der Waals surface area contributed by atoms with Gasteiger partial charge in [-0.05, 0) is 40.5 Å². The van der Waals surface area contributed by atoms with Crippen molar-refractivity contribution >= 4 is 17.7 Å². The highest BCUT2D eigenvalue weighted by molar-refractivity contribution is 7.99. The summed E-state index contributed by atoms with van der Waals surface area (Å²) in [7, 11) is 1.92. The fourth-order valence-electron chi connectivity index (χ4n) is 2.10. The molecule has 0 radical (unpaired) electrons. The molecule has 0 aliphatic heterocycles. The molecule has 1 heterocycles. The number of hydrogen-bond acceptors (Lipinski definition) is 5. The Kier molecular flexibility index (Phi) is 4.99. The van der Waals surface area contributed by atoms with Gasteiger partial charge in [0.15, 0.2) is 0 Å². The average molecular weight is 311 g/mol. The minimum atomic E-state index is -0.434. The van der Waals surface area contributed by atoms with Crippen molar-refractivity contribution in [2.45, 2.75) is 63.8 Å². The minimum absolute atomic E-state index is 0.188. The van der Waals surface area contributed by atoms with Crippen LogP contribution in [-0.4, -0.2) is 33.1 Å². The number of carbonyl (C=O) groups is 1. The first-order valence-corrected chi connectivity index (χ1v) is 8.35. The molecule has 5 nitrogen and oxygen atoms in total. The van der Waals surface area contributed by atoms with Crippen molar-refractivity contribution in [3.05, 3.63) is 11.3 Å². The molecule has 0 spiro atoms. The van der Waals surface area contributed by atoms with E-state index in [4.69, 9.17) is 4.74 Å². The van der Waals surface area contributed by atoms with E-state index in [0.29, 0.717) is 11.8 Å². The van der Waals surface area contributed by atoms with Crippen molar-refractivity contribution in [2.75, 3.05) is 5.75 Å². The van der Waals surface area contributed by atoms with Gasteiger partial charge in [0.05, 0.1) is 16.5 Å². The highest BCUT2D eigenvalue weighted by Crippen LogP contribution is 2.27. The number of hydrogen-bond donors (Lipinski definition) is 1. The number of esters is 1. The van der Waals surface area contributed by atoms with Crippen LogP contribution in [0.25, 0.3) is 0 Å². The van der Waals surface area contributed by atoms with Gasteiger partial charge < -0.3 is 10.1 Å². The molecule has 0 atom stereocenters. The van der Waals surface area contributed by atoms with Gasteiger partial charge in [-0.1, -0.05) is 11.8 Å². The molecule has 1 saturated carbocycles. The van der Waals surface area contributed by atoms with Crippen molar-refractivity contribution in [1.82, 2.24) is 15.1 Å². The Labute approximate surface area is 130 Å². The van der Waals surface area contributed by atoms with Crippen LogP contribution in [0.3, 0.4) is 0 Å². The van der Waals surface area contributed by atoms with Crippen LogP contribution in [0.15, 0.2) is 5.03 Å². The molecule has 2 rings (SSSR count). The summed E-state index contributed by atoms with van der Waals surface area (Å²) in [5, 5.41) is 9.02. The number of thioether (sulfide) groups is 1. The standard InChI is InChI=1S/C15H25N3O2S/c1-10-12(8-16-11-6-7-11)14(18(5)17-10)21-9-13(19)20-15(2,3)4/h11,16H,6-9H2,1-5H3. The highest BCUT2D eigenvalue weighted by atomic mass is 32.2. The third-order valence-electron chi connectivity index (χ3n) is 3.18. The second kappa shape index (κ2) is 6.40. The van der Waals surface area contributed by atoms with Crippen molar-refractivity contribution < 1.29 is 9.53 Å². The Bertz CT molecular complexity index is 516. The van der Waals surface area contributed by atoms with E-state index in [1.54, 1.807) is 0 Å². The van der Waals surface area contributed by atoms with Gasteiger partial charge in [-0.2, -0.15) is 5.10 Å². The van der Waals surface area contributed by atoms with Crippen LogP contribution in [-0.2, 0) is 23.1 Å². The van der Waals surface area contributed by atoms with Gasteiger partial charge in [0.2, 0.25) is 0 Å². The summed E-state index contributed by atoms with van der Waals surface area (Å²) in [4.78, 5) is 11.8. The Hall–Kier alpha value is -1.01. The van der Waals surface area contributed by atoms with Crippen LogP contribution < -0.4 is 5.32 Å². The van der Waals surface area contributed by atoms with Gasteiger partial charge in [0.1, 0.15) is 5.60 Å². The number of aryl methyl sites for hydroxylation is 2. The number of ether oxygens (including phenoxy) is 1. The normalized spacial score (nSPS) is 15.3. The largest absolute Gasteiger partial charge is 0.459 e. The number of rotatable bonds is 6. The van der Waals surface area contributed by atoms with Crippen molar-refractivity contribution in [2.24, 2.45) is 7.05 Å². The topological polar surface area (TPSA) is 56.2 Å². The van der Waals surface area contributed by atoms with Crippen molar-refractivity contribution in [3.8, 4) is 0 Å². The maximum absolute atomic E-state index is 11.8. The Morgan fingerprint density at radius 3 is 2.71 bits per heavy atom. The molecule has 1 aromatic rings. The van der Waals surface area contributed by atoms with Crippen LogP contribution in [0.5, 0.6) is 0 Å². The molecule has 21 heavy (non-hydrogen) atoms. The average Bonchev–Trinajstić information content (AvgIpc) is 3.10. The monoisotopic (exact) mass is 311 g/mol. The zero-order chi connectivity index (χ0) is 15.6. The zero-order valence-corrected chi connectivity index (χ0v) is 14.3. The van der Waals surface area contributed by atoms with E-state index in [1.165, 1.54) is 30.2 Å². The Balaban J connectivity index is 1.96. The fourth-order valence-corrected chi connectivity index (χ4v) is 3.03. The third kappa shape index (κ3) is 5.04. The van der Waals surface area contributed by atoms with Gasteiger partial charge in [-0.3, -0.25) is 9.48 Å². The molecular formula is C15H25N3O2S. The van der Waals surface area contributed by atoms with E-state index in [0.717, 1.165) is 17.3 Å². The first-order valence-electron chi connectivity index (χ1n) is 7.37. The summed E-state index contributed by atoms with van der Waals surface area (Å²) in [5.74, 6) is 0.125. The van der Waals surface area contributed by atoms with E-state index in [-0.39, 0.29) is 5.97 Å². The second-order valence-corrected chi connectivity index (χ2v) is 7.49. The first kappa shape index (κ1) is 16.4. The summed E-state index contributed by atoms with van der Waals surface area (Å²) in [5.41, 5.74) is 1.78. The highest BCUT2D eigenvalue weighted by Gasteiger charge is 2.23. The molecule has 1 aliphatic rings. The Morgan fingerprint density at radius 2 is 2.14 bits per heavy atom. The summed E-state index contributed by atoms with van der Waals surface area (Å²) in [6, 6.07) is 0.660. The van der Waals surface area contributed by atoms with E-state index >= 15 is 0 Å². The van der Waals surface area contributed by atoms with Crippen molar-refractivity contribution in [1.29, 1.82) is 0 Å². The fraction of sp³-hybridized carbons (Fsp3) is 0.733. The van der Waals surface area contributed by atoms with Crippen LogP contribution in [0.1, 0.15) is 44.9 Å². The van der Waals surface area contributed by atoms with Gasteiger partial charge >= 0.3 is 5.97 Å². The lowest BCUT2D eigenvalue weighted by Crippen LogP contribution is -2.25. The molecule has 1 aromatic heterocycles. The van der Waals surface area contributed by atoms with Gasteiger partial charge in [0, 0.05) is 25.2 Å². The van der Waals surface area contributed by atoms with Crippen LogP contribution in [0, 0.1) is 6.92 Å². The van der Waals surface area contributed by atoms with Crippen LogP contribution in [0.2, 0.25) is 0 Å². The molecule has 0 amide bonds. The summed E-state index contributed by atoms with van der Waals surface area (Å²) in [6.07, 6.45) is 2.53. The molecular weight excluding hydrogens is 286 g/mol. The predicted octanol–water partition coefficient (Wildman–Crippen LogP) is 2.41. The lowest BCUT2D eigenvalue weighted by Gasteiger charge is -2.19. The molecule has 0 saturated heterocycles. The number of nitrogens with one attached hydrogen (secondary N) is 1. The van der Waals surface area contributed by atoms with E-state index in [9.17, 15) is 4.79 Å². The van der Waals surface area contributed by atoms with Crippen molar-refractivity contribution in [3.63, 3.8) is 0 Å². The van der Waals surface area contributed by atoms with Gasteiger partial charge in [-0.15, -0.1) is 0 Å². The smallest absolute Gasteiger partial charge is 0.316 e. The maximum Gasteiger partial charge on any atom is 0.316 e. The SMILES string of the molecule is Cc1nn(C)c(SCC(=O)OC(C)(C)C)c1CNC1CC1.